The molecule has 1 aliphatic carbocycles. The van der Waals surface area contributed by atoms with E-state index in [1.54, 1.807) is 6.07 Å². The fourth-order valence-corrected chi connectivity index (χ4v) is 5.05. The molecule has 0 spiro atoms. The van der Waals surface area contributed by atoms with Crippen LogP contribution in [-0.4, -0.2) is 17.5 Å². The second-order valence-corrected chi connectivity index (χ2v) is 8.08. The Kier molecular flexibility index (Phi) is 3.70. The van der Waals surface area contributed by atoms with Crippen molar-refractivity contribution < 1.29 is 13.9 Å². The molecule has 0 aliphatic heterocycles. The number of rotatable bonds is 4. The zero-order valence-electron chi connectivity index (χ0n) is 16.1. The lowest BCUT2D eigenvalue weighted by Gasteiger charge is -2.03. The second kappa shape index (κ2) is 6.43. The van der Waals surface area contributed by atoms with Gasteiger partial charge in [0.15, 0.2) is 22.2 Å². The highest BCUT2D eigenvalue weighted by Gasteiger charge is 2.26. The van der Waals surface area contributed by atoms with Crippen LogP contribution < -0.4 is 10.1 Å². The molecule has 6 rings (SSSR count). The number of amides is 1. The average Bonchev–Trinajstić information content (AvgIpc) is 3.44. The number of nitrogens with one attached hydrogen (secondary N) is 1. The number of ether oxygens (including phenoxy) is 1. The van der Waals surface area contributed by atoms with Gasteiger partial charge in [0.1, 0.15) is 0 Å². The zero-order valence-corrected chi connectivity index (χ0v) is 16.9. The van der Waals surface area contributed by atoms with Gasteiger partial charge in [0, 0.05) is 16.5 Å². The molecule has 3 aromatic carbocycles. The fourth-order valence-electron chi connectivity index (χ4n) is 4.04. The molecular weight excluding hydrogens is 396 g/mol. The van der Waals surface area contributed by atoms with Crippen LogP contribution in [0.15, 0.2) is 65.1 Å². The van der Waals surface area contributed by atoms with Crippen LogP contribution in [0.1, 0.15) is 17.5 Å². The maximum Gasteiger partial charge on any atom is 0.293 e. The molecule has 0 bridgehead atoms. The van der Waals surface area contributed by atoms with E-state index in [-0.39, 0.29) is 11.7 Å². The van der Waals surface area contributed by atoms with Crippen LogP contribution in [-0.2, 0) is 0 Å². The van der Waals surface area contributed by atoms with E-state index in [0.717, 1.165) is 21.5 Å². The predicted molar refractivity (Wildman–Crippen MR) is 119 cm³/mol. The molecule has 0 unspecified atom stereocenters. The lowest BCUT2D eigenvalue weighted by Crippen LogP contribution is -2.10. The van der Waals surface area contributed by atoms with Crippen molar-refractivity contribution in [1.29, 1.82) is 0 Å². The maximum atomic E-state index is 12.8. The molecule has 1 aliphatic rings. The van der Waals surface area contributed by atoms with Crippen molar-refractivity contribution in [2.75, 3.05) is 11.9 Å². The van der Waals surface area contributed by atoms with E-state index < -0.39 is 0 Å². The largest absolute Gasteiger partial charge is 0.490 e. The highest BCUT2D eigenvalue weighted by Crippen LogP contribution is 2.50. The minimum Gasteiger partial charge on any atom is -0.490 e. The average molecular weight is 412 g/mol. The molecule has 0 atom stereocenters. The molecule has 0 saturated carbocycles. The Morgan fingerprint density at radius 2 is 1.83 bits per heavy atom. The van der Waals surface area contributed by atoms with Crippen molar-refractivity contribution >= 4 is 44.1 Å². The number of furan rings is 1. The summed E-state index contributed by atoms with van der Waals surface area (Å²) >= 11 is 1.48. The Labute approximate surface area is 175 Å². The predicted octanol–water partition coefficient (Wildman–Crippen LogP) is 6.34. The third kappa shape index (κ3) is 2.47. The monoisotopic (exact) mass is 412 g/mol. The van der Waals surface area contributed by atoms with Gasteiger partial charge in [-0.05, 0) is 29.8 Å². The minimum atomic E-state index is -0.326. The summed E-state index contributed by atoms with van der Waals surface area (Å²) in [6.45, 7) is 2.44. The van der Waals surface area contributed by atoms with Crippen LogP contribution in [0.3, 0.4) is 0 Å². The van der Waals surface area contributed by atoms with Crippen molar-refractivity contribution in [3.63, 3.8) is 0 Å². The lowest BCUT2D eigenvalue weighted by molar-refractivity contribution is 0.0998. The minimum absolute atomic E-state index is 0.231. The molecule has 5 nitrogen and oxygen atoms in total. The van der Waals surface area contributed by atoms with Gasteiger partial charge >= 0.3 is 0 Å². The van der Waals surface area contributed by atoms with Gasteiger partial charge in [0.25, 0.3) is 5.91 Å². The molecule has 2 aromatic heterocycles. The standard InChI is InChI=1S/C24H16N2O3S/c1-2-28-17-11-5-8-14-12-18(29-21(14)17)23(27)26-24-25-20-15-9-3-6-13-7-4-10-16(19(13)15)22(20)30-24/h3-12H,2H2,1H3,(H,25,26,27). The first-order valence-electron chi connectivity index (χ1n) is 9.73. The zero-order chi connectivity index (χ0) is 20.2. The molecular formula is C24H16N2O3S. The molecule has 146 valence electrons. The Morgan fingerprint density at radius 3 is 2.67 bits per heavy atom. The Morgan fingerprint density at radius 1 is 1.07 bits per heavy atom. The quantitative estimate of drug-likeness (QED) is 0.367. The number of thiazole rings is 1. The van der Waals surface area contributed by atoms with Crippen LogP contribution in [0, 0.1) is 0 Å². The number of para-hydroxylation sites is 1. The van der Waals surface area contributed by atoms with Crippen LogP contribution >= 0.6 is 11.3 Å². The summed E-state index contributed by atoms with van der Waals surface area (Å²) in [4.78, 5) is 18.6. The van der Waals surface area contributed by atoms with Crippen molar-refractivity contribution in [3.05, 3.63) is 66.4 Å². The van der Waals surface area contributed by atoms with Gasteiger partial charge in [-0.25, -0.2) is 4.98 Å². The third-order valence-corrected chi connectivity index (χ3v) is 6.29. The van der Waals surface area contributed by atoms with Crippen molar-refractivity contribution in [1.82, 2.24) is 4.98 Å². The first kappa shape index (κ1) is 17.2. The lowest BCUT2D eigenvalue weighted by atomic mass is 10.0. The molecule has 1 amide bonds. The summed E-state index contributed by atoms with van der Waals surface area (Å²) in [7, 11) is 0. The number of carbonyl (C=O) groups is 1. The van der Waals surface area contributed by atoms with E-state index in [4.69, 9.17) is 14.1 Å². The number of anilines is 1. The van der Waals surface area contributed by atoms with E-state index in [9.17, 15) is 4.79 Å². The Balaban J connectivity index is 1.34. The fraction of sp³-hybridized carbons (Fsp3) is 0.0833. The number of aromatic nitrogens is 1. The topological polar surface area (TPSA) is 64.4 Å². The smallest absolute Gasteiger partial charge is 0.293 e. The SMILES string of the molecule is CCOc1cccc2cc(C(=O)Nc3nc4c(s3)-c3cccc5cccc-4c35)oc12. The van der Waals surface area contributed by atoms with E-state index in [1.165, 1.54) is 27.7 Å². The molecule has 5 aromatic rings. The van der Waals surface area contributed by atoms with Gasteiger partial charge in [0.05, 0.1) is 17.2 Å². The highest BCUT2D eigenvalue weighted by molar-refractivity contribution is 7.20. The van der Waals surface area contributed by atoms with Gasteiger partial charge in [-0.15, -0.1) is 0 Å². The summed E-state index contributed by atoms with van der Waals surface area (Å²) in [5, 5.41) is 6.71. The number of benzene rings is 3. The second-order valence-electron chi connectivity index (χ2n) is 7.08. The summed E-state index contributed by atoms with van der Waals surface area (Å²) in [5.74, 6) is 0.537. The molecule has 6 heteroatoms. The number of hydrogen-bond acceptors (Lipinski definition) is 5. The molecule has 1 N–H and O–H groups in total. The summed E-state index contributed by atoms with van der Waals surface area (Å²) in [5.41, 5.74) is 3.78. The van der Waals surface area contributed by atoms with Gasteiger partial charge in [-0.3, -0.25) is 10.1 Å². The number of hydrogen-bond donors (Lipinski definition) is 1. The Bertz CT molecular complexity index is 1410. The normalized spacial score (nSPS) is 11.8. The van der Waals surface area contributed by atoms with Gasteiger partial charge in [-0.2, -0.15) is 0 Å². The van der Waals surface area contributed by atoms with Crippen LogP contribution in [0.2, 0.25) is 0 Å². The summed E-state index contributed by atoms with van der Waals surface area (Å²) in [6.07, 6.45) is 0. The van der Waals surface area contributed by atoms with E-state index in [1.807, 2.05) is 31.2 Å². The molecule has 30 heavy (non-hydrogen) atoms. The van der Waals surface area contributed by atoms with Gasteiger partial charge in [0.2, 0.25) is 0 Å². The van der Waals surface area contributed by atoms with Crippen LogP contribution in [0.25, 0.3) is 43.4 Å². The highest BCUT2D eigenvalue weighted by atomic mass is 32.1. The number of nitrogens with zero attached hydrogens (tertiary/aromatic N) is 1. The number of fused-ring (bicyclic) bond motifs is 4. The van der Waals surface area contributed by atoms with Gasteiger partial charge < -0.3 is 9.15 Å². The number of carbonyl (C=O) groups excluding carboxylic acids is 1. The van der Waals surface area contributed by atoms with Crippen molar-refractivity contribution in [3.8, 4) is 27.4 Å². The van der Waals surface area contributed by atoms with Gasteiger partial charge in [-0.1, -0.05) is 59.9 Å². The van der Waals surface area contributed by atoms with Crippen molar-refractivity contribution in [2.45, 2.75) is 6.92 Å². The first-order chi connectivity index (χ1) is 14.7. The third-order valence-electron chi connectivity index (χ3n) is 5.28. The van der Waals surface area contributed by atoms with Crippen molar-refractivity contribution in [2.24, 2.45) is 0 Å². The van der Waals surface area contributed by atoms with E-state index in [2.05, 4.69) is 35.6 Å². The molecule has 0 fully saturated rings. The van der Waals surface area contributed by atoms with E-state index >= 15 is 0 Å². The molecule has 0 saturated heterocycles. The molecule has 2 heterocycles. The maximum absolute atomic E-state index is 12.8. The van der Waals surface area contributed by atoms with E-state index in [0.29, 0.717) is 23.1 Å². The first-order valence-corrected chi connectivity index (χ1v) is 10.5. The van der Waals surface area contributed by atoms with Crippen LogP contribution in [0.4, 0.5) is 5.13 Å². The Hall–Kier alpha value is -3.64. The summed E-state index contributed by atoms with van der Waals surface area (Å²) < 4.78 is 11.4. The molecule has 0 radical (unpaired) electrons. The van der Waals surface area contributed by atoms with Crippen LogP contribution in [0.5, 0.6) is 5.75 Å². The summed E-state index contributed by atoms with van der Waals surface area (Å²) in [6, 6.07) is 19.8.